The predicted octanol–water partition coefficient (Wildman–Crippen LogP) is 3.98. The number of benzene rings is 1. The minimum atomic E-state index is 0.915. The zero-order valence-electron chi connectivity index (χ0n) is 8.95. The molecule has 2 saturated carbocycles. The highest BCUT2D eigenvalue weighted by atomic mass is 14.5. The Hall–Kier alpha value is -1.04. The summed E-state index contributed by atoms with van der Waals surface area (Å²) in [4.78, 5) is 0. The van der Waals surface area contributed by atoms with E-state index >= 15 is 0 Å². The number of rotatable bonds is 1. The third-order valence-electron chi connectivity index (χ3n) is 4.72. The molecular formula is C15H16. The number of fused-ring (bicyclic) bond motifs is 3. The van der Waals surface area contributed by atoms with Gasteiger partial charge in [-0.2, -0.15) is 0 Å². The lowest BCUT2D eigenvalue weighted by Gasteiger charge is -2.30. The quantitative estimate of drug-likeness (QED) is 0.637. The van der Waals surface area contributed by atoms with Crippen molar-refractivity contribution in [1.82, 2.24) is 0 Å². The molecule has 1 aromatic carbocycles. The van der Waals surface area contributed by atoms with Crippen LogP contribution in [0.15, 0.2) is 24.3 Å². The Morgan fingerprint density at radius 3 is 2.67 bits per heavy atom. The van der Waals surface area contributed by atoms with Crippen LogP contribution in [0.2, 0.25) is 0 Å². The molecule has 0 radical (unpaired) electrons. The van der Waals surface area contributed by atoms with Crippen LogP contribution in [-0.2, 0) is 0 Å². The van der Waals surface area contributed by atoms with Gasteiger partial charge in [-0.3, -0.25) is 0 Å². The smallest absolute Gasteiger partial charge is 0.0124 e. The Balaban J connectivity index is 1.67. The monoisotopic (exact) mass is 196 g/mol. The van der Waals surface area contributed by atoms with Gasteiger partial charge in [-0.15, -0.1) is 0 Å². The summed E-state index contributed by atoms with van der Waals surface area (Å²) in [6.45, 7) is 0. The van der Waals surface area contributed by atoms with E-state index in [2.05, 4.69) is 30.3 Å². The van der Waals surface area contributed by atoms with E-state index in [0.29, 0.717) is 0 Å². The minimum Gasteiger partial charge on any atom is -0.0616 e. The van der Waals surface area contributed by atoms with E-state index in [1.54, 1.807) is 11.1 Å². The van der Waals surface area contributed by atoms with Crippen molar-refractivity contribution in [3.8, 4) is 0 Å². The molecule has 0 saturated heterocycles. The Bertz CT molecular complexity index is 441. The first-order valence-electron chi connectivity index (χ1n) is 6.23. The van der Waals surface area contributed by atoms with Gasteiger partial charge < -0.3 is 0 Å². The maximum atomic E-state index is 2.43. The standard InChI is InChI=1S/C15H16/c1-2-4-13-11(3-1)9-15(13)14-8-10-5-6-12(14)7-10/h1-4,9-10,12,14H,5-8H2. The molecule has 0 spiro atoms. The molecule has 76 valence electrons. The van der Waals surface area contributed by atoms with Crippen molar-refractivity contribution in [3.63, 3.8) is 0 Å². The Morgan fingerprint density at radius 2 is 1.93 bits per heavy atom. The lowest BCUT2D eigenvalue weighted by molar-refractivity contribution is 0.405. The highest BCUT2D eigenvalue weighted by Gasteiger charge is 2.42. The molecule has 3 atom stereocenters. The molecule has 4 rings (SSSR count). The fraction of sp³-hybridized carbons (Fsp3) is 0.467. The predicted molar refractivity (Wildman–Crippen MR) is 63.3 cm³/mol. The van der Waals surface area contributed by atoms with Crippen molar-refractivity contribution >= 4 is 11.6 Å². The van der Waals surface area contributed by atoms with Crippen molar-refractivity contribution in [2.24, 2.45) is 17.8 Å². The molecule has 0 nitrogen and oxygen atoms in total. The molecule has 15 heavy (non-hydrogen) atoms. The maximum Gasteiger partial charge on any atom is -0.0124 e. The van der Waals surface area contributed by atoms with Crippen LogP contribution in [0.1, 0.15) is 36.8 Å². The van der Waals surface area contributed by atoms with Gasteiger partial charge in [0.25, 0.3) is 0 Å². The van der Waals surface area contributed by atoms with Crippen LogP contribution in [-0.4, -0.2) is 0 Å². The molecule has 0 aliphatic heterocycles. The van der Waals surface area contributed by atoms with Gasteiger partial charge >= 0.3 is 0 Å². The van der Waals surface area contributed by atoms with Gasteiger partial charge in [-0.1, -0.05) is 36.8 Å². The Kier molecular flexibility index (Phi) is 1.49. The molecule has 3 unspecified atom stereocenters. The maximum absolute atomic E-state index is 2.43. The molecule has 0 N–H and O–H groups in total. The highest BCUT2D eigenvalue weighted by molar-refractivity contribution is 5.96. The van der Waals surface area contributed by atoms with Gasteiger partial charge in [0.1, 0.15) is 0 Å². The van der Waals surface area contributed by atoms with Crippen molar-refractivity contribution in [1.29, 1.82) is 0 Å². The summed E-state index contributed by atoms with van der Waals surface area (Å²) in [5.74, 6) is 3.00. The average Bonchev–Trinajstić information content (AvgIpc) is 2.81. The molecular weight excluding hydrogens is 180 g/mol. The minimum absolute atomic E-state index is 0.915. The van der Waals surface area contributed by atoms with Crippen LogP contribution in [0.5, 0.6) is 0 Å². The molecule has 2 bridgehead atoms. The van der Waals surface area contributed by atoms with E-state index in [9.17, 15) is 0 Å². The van der Waals surface area contributed by atoms with Gasteiger partial charge in [0, 0.05) is 0 Å². The third kappa shape index (κ3) is 1.03. The Morgan fingerprint density at radius 1 is 1.00 bits per heavy atom. The van der Waals surface area contributed by atoms with Gasteiger partial charge in [0.05, 0.1) is 0 Å². The third-order valence-corrected chi connectivity index (χ3v) is 4.72. The van der Waals surface area contributed by atoms with Crippen LogP contribution < -0.4 is 0 Å². The lowest BCUT2D eigenvalue weighted by atomic mass is 9.74. The molecule has 0 heteroatoms. The van der Waals surface area contributed by atoms with E-state index in [1.807, 2.05) is 0 Å². The van der Waals surface area contributed by atoms with E-state index < -0.39 is 0 Å². The fourth-order valence-electron chi connectivity index (χ4n) is 3.99. The number of allylic oxidation sites excluding steroid dienone is 1. The second-order valence-electron chi connectivity index (χ2n) is 5.47. The summed E-state index contributed by atoms with van der Waals surface area (Å²) in [6, 6.07) is 8.87. The normalized spacial score (nSPS) is 36.0. The first-order valence-corrected chi connectivity index (χ1v) is 6.23. The SMILES string of the molecule is C1=C(C2CC3CCC2C3)c2ccccc21. The van der Waals surface area contributed by atoms with Crippen molar-refractivity contribution < 1.29 is 0 Å². The lowest BCUT2D eigenvalue weighted by Crippen LogP contribution is -2.16. The molecule has 2 fully saturated rings. The molecule has 0 amide bonds. The first-order chi connectivity index (χ1) is 7.42. The van der Waals surface area contributed by atoms with Crippen molar-refractivity contribution in [3.05, 3.63) is 35.4 Å². The van der Waals surface area contributed by atoms with E-state index in [4.69, 9.17) is 0 Å². The second kappa shape index (κ2) is 2.75. The van der Waals surface area contributed by atoms with E-state index in [1.165, 1.54) is 31.2 Å². The van der Waals surface area contributed by atoms with Gasteiger partial charge in [-0.25, -0.2) is 0 Å². The topological polar surface area (TPSA) is 0 Å². The summed E-state index contributed by atoms with van der Waals surface area (Å²) >= 11 is 0. The summed E-state index contributed by atoms with van der Waals surface area (Å²) in [5, 5.41) is 0. The average molecular weight is 196 g/mol. The number of hydrogen-bond donors (Lipinski definition) is 0. The number of hydrogen-bond acceptors (Lipinski definition) is 0. The van der Waals surface area contributed by atoms with Crippen LogP contribution >= 0.6 is 0 Å². The molecule has 1 aromatic rings. The zero-order chi connectivity index (χ0) is 9.83. The highest BCUT2D eigenvalue weighted by Crippen LogP contribution is 2.55. The van der Waals surface area contributed by atoms with Crippen LogP contribution in [0.3, 0.4) is 0 Å². The largest absolute Gasteiger partial charge is 0.0616 e. The summed E-state index contributed by atoms with van der Waals surface area (Å²) in [6.07, 6.45) is 8.43. The Labute approximate surface area is 91.0 Å². The van der Waals surface area contributed by atoms with Gasteiger partial charge in [-0.05, 0) is 53.7 Å². The molecule has 0 heterocycles. The van der Waals surface area contributed by atoms with Gasteiger partial charge in [0.2, 0.25) is 0 Å². The summed E-state index contributed by atoms with van der Waals surface area (Å²) in [5.41, 5.74) is 4.70. The van der Waals surface area contributed by atoms with Gasteiger partial charge in [0.15, 0.2) is 0 Å². The molecule has 0 aromatic heterocycles. The molecule has 3 aliphatic carbocycles. The fourth-order valence-corrected chi connectivity index (χ4v) is 3.99. The van der Waals surface area contributed by atoms with E-state index in [-0.39, 0.29) is 0 Å². The van der Waals surface area contributed by atoms with Crippen molar-refractivity contribution in [2.45, 2.75) is 25.7 Å². The molecule has 3 aliphatic rings. The van der Waals surface area contributed by atoms with Crippen molar-refractivity contribution in [2.75, 3.05) is 0 Å². The summed E-state index contributed by atoms with van der Waals surface area (Å²) in [7, 11) is 0. The zero-order valence-corrected chi connectivity index (χ0v) is 8.95. The van der Waals surface area contributed by atoms with Crippen LogP contribution in [0, 0.1) is 17.8 Å². The second-order valence-corrected chi connectivity index (χ2v) is 5.47. The van der Waals surface area contributed by atoms with E-state index in [0.717, 1.165) is 17.8 Å². The van der Waals surface area contributed by atoms with Crippen LogP contribution in [0.4, 0.5) is 0 Å². The summed E-state index contributed by atoms with van der Waals surface area (Å²) < 4.78 is 0. The van der Waals surface area contributed by atoms with Crippen LogP contribution in [0.25, 0.3) is 11.6 Å². The first kappa shape index (κ1) is 8.15.